The molecule has 94 valence electrons. The van der Waals surface area contributed by atoms with Crippen LogP contribution >= 0.6 is 0 Å². The van der Waals surface area contributed by atoms with Crippen LogP contribution in [0.25, 0.3) is 10.8 Å². The molecule has 0 atom stereocenters. The molecule has 0 saturated heterocycles. The molecular formula is C14H12N4O. The predicted octanol–water partition coefficient (Wildman–Crippen LogP) is 2.40. The van der Waals surface area contributed by atoms with Crippen LogP contribution in [0.5, 0.6) is 0 Å². The van der Waals surface area contributed by atoms with Crippen molar-refractivity contribution in [2.24, 2.45) is 0 Å². The van der Waals surface area contributed by atoms with E-state index >= 15 is 0 Å². The largest absolute Gasteiger partial charge is 0.383 e. The molecule has 4 N–H and O–H groups in total. The molecule has 0 radical (unpaired) electrons. The Bertz CT molecular complexity index is 748. The number of carbonyl (C=O) groups is 1. The lowest BCUT2D eigenvalue weighted by molar-refractivity contribution is 0.102. The quantitative estimate of drug-likeness (QED) is 0.654. The molecule has 0 aliphatic heterocycles. The van der Waals surface area contributed by atoms with E-state index in [1.165, 1.54) is 6.20 Å². The van der Waals surface area contributed by atoms with Gasteiger partial charge in [-0.3, -0.25) is 9.89 Å². The maximum Gasteiger partial charge on any atom is 0.261 e. The van der Waals surface area contributed by atoms with Crippen LogP contribution in [0.2, 0.25) is 0 Å². The molecular weight excluding hydrogens is 240 g/mol. The summed E-state index contributed by atoms with van der Waals surface area (Å²) in [5.41, 5.74) is 6.67. The van der Waals surface area contributed by atoms with E-state index in [4.69, 9.17) is 5.73 Å². The monoisotopic (exact) mass is 252 g/mol. The number of hydrogen-bond acceptors (Lipinski definition) is 3. The van der Waals surface area contributed by atoms with Gasteiger partial charge in [-0.2, -0.15) is 5.10 Å². The molecule has 0 saturated carbocycles. The number of carbonyl (C=O) groups excluding carboxylic acids is 1. The minimum absolute atomic E-state index is 0.262. The lowest BCUT2D eigenvalue weighted by Gasteiger charge is -2.05. The molecule has 3 rings (SSSR count). The summed E-state index contributed by atoms with van der Waals surface area (Å²) < 4.78 is 0. The smallest absolute Gasteiger partial charge is 0.261 e. The average molecular weight is 252 g/mol. The standard InChI is InChI=1S/C14H12N4O/c15-13-12(8-16-18-13)14(19)17-11-6-5-9-3-1-2-4-10(9)7-11/h1-8H,(H,17,19)(H3,15,16,18). The number of nitrogens with two attached hydrogens (primary N) is 1. The maximum absolute atomic E-state index is 12.0. The van der Waals surface area contributed by atoms with E-state index in [1.807, 2.05) is 42.5 Å². The van der Waals surface area contributed by atoms with E-state index in [1.54, 1.807) is 0 Å². The fraction of sp³-hybridized carbons (Fsp3) is 0. The van der Waals surface area contributed by atoms with Gasteiger partial charge in [0.25, 0.3) is 5.91 Å². The van der Waals surface area contributed by atoms with E-state index < -0.39 is 0 Å². The van der Waals surface area contributed by atoms with Gasteiger partial charge >= 0.3 is 0 Å². The number of rotatable bonds is 2. The van der Waals surface area contributed by atoms with Crippen LogP contribution in [0.1, 0.15) is 10.4 Å². The Balaban J connectivity index is 1.89. The van der Waals surface area contributed by atoms with E-state index in [-0.39, 0.29) is 11.7 Å². The number of aromatic amines is 1. The topological polar surface area (TPSA) is 83.8 Å². The highest BCUT2D eigenvalue weighted by atomic mass is 16.1. The second-order valence-electron chi connectivity index (χ2n) is 4.21. The van der Waals surface area contributed by atoms with Gasteiger partial charge < -0.3 is 11.1 Å². The molecule has 1 heterocycles. The number of aromatic nitrogens is 2. The molecule has 2 aromatic carbocycles. The van der Waals surface area contributed by atoms with Crippen LogP contribution in [0, 0.1) is 0 Å². The van der Waals surface area contributed by atoms with Crippen LogP contribution in [0.3, 0.4) is 0 Å². The Kier molecular flexibility index (Phi) is 2.64. The van der Waals surface area contributed by atoms with Crippen LogP contribution in [0.15, 0.2) is 48.7 Å². The Hall–Kier alpha value is -2.82. The van der Waals surface area contributed by atoms with Gasteiger partial charge in [-0.25, -0.2) is 0 Å². The number of fused-ring (bicyclic) bond motifs is 1. The van der Waals surface area contributed by atoms with Crippen molar-refractivity contribution < 1.29 is 4.79 Å². The van der Waals surface area contributed by atoms with E-state index in [9.17, 15) is 4.79 Å². The molecule has 5 nitrogen and oxygen atoms in total. The molecule has 0 spiro atoms. The normalized spacial score (nSPS) is 10.5. The van der Waals surface area contributed by atoms with Crippen LogP contribution in [-0.4, -0.2) is 16.1 Å². The summed E-state index contributed by atoms with van der Waals surface area (Å²) in [6.45, 7) is 0. The van der Waals surface area contributed by atoms with Gasteiger partial charge in [0.1, 0.15) is 11.4 Å². The summed E-state index contributed by atoms with van der Waals surface area (Å²) >= 11 is 0. The van der Waals surface area contributed by atoms with Gasteiger partial charge in [-0.15, -0.1) is 0 Å². The van der Waals surface area contributed by atoms with Gasteiger partial charge in [0.15, 0.2) is 0 Å². The highest BCUT2D eigenvalue weighted by Crippen LogP contribution is 2.19. The maximum atomic E-state index is 12.0. The van der Waals surface area contributed by atoms with Gasteiger partial charge in [-0.1, -0.05) is 30.3 Å². The zero-order valence-electron chi connectivity index (χ0n) is 10.1. The second-order valence-corrected chi connectivity index (χ2v) is 4.21. The van der Waals surface area contributed by atoms with Crippen molar-refractivity contribution in [3.05, 3.63) is 54.2 Å². The van der Waals surface area contributed by atoms with Crippen molar-refractivity contribution in [1.82, 2.24) is 10.2 Å². The Morgan fingerprint density at radius 2 is 1.95 bits per heavy atom. The Morgan fingerprint density at radius 3 is 2.68 bits per heavy atom. The minimum atomic E-state index is -0.276. The van der Waals surface area contributed by atoms with E-state index in [2.05, 4.69) is 15.5 Å². The number of benzene rings is 2. The lowest BCUT2D eigenvalue weighted by atomic mass is 10.1. The molecule has 0 unspecified atom stereocenters. The van der Waals surface area contributed by atoms with Crippen LogP contribution < -0.4 is 11.1 Å². The van der Waals surface area contributed by atoms with Crippen LogP contribution in [-0.2, 0) is 0 Å². The number of H-pyrrole nitrogens is 1. The van der Waals surface area contributed by atoms with Gasteiger partial charge in [0.05, 0.1) is 6.20 Å². The summed E-state index contributed by atoms with van der Waals surface area (Å²) in [6.07, 6.45) is 1.41. The number of nitrogens with one attached hydrogen (secondary N) is 2. The third-order valence-electron chi connectivity index (χ3n) is 2.92. The van der Waals surface area contributed by atoms with Crippen molar-refractivity contribution in [3.63, 3.8) is 0 Å². The predicted molar refractivity (Wildman–Crippen MR) is 74.9 cm³/mol. The van der Waals surface area contributed by atoms with Crippen molar-refractivity contribution in [3.8, 4) is 0 Å². The number of anilines is 2. The molecule has 0 bridgehead atoms. The summed E-state index contributed by atoms with van der Waals surface area (Å²) in [5.74, 6) is -0.0141. The Labute approximate surface area is 109 Å². The number of hydrogen-bond donors (Lipinski definition) is 3. The highest BCUT2D eigenvalue weighted by molar-refractivity contribution is 6.07. The first-order valence-corrected chi connectivity index (χ1v) is 5.83. The molecule has 0 fully saturated rings. The van der Waals surface area contributed by atoms with E-state index in [0.717, 1.165) is 16.5 Å². The molecule has 3 aromatic rings. The molecule has 5 heteroatoms. The fourth-order valence-corrected chi connectivity index (χ4v) is 1.94. The van der Waals surface area contributed by atoms with Gasteiger partial charge in [0.2, 0.25) is 0 Å². The second kappa shape index (κ2) is 4.45. The minimum Gasteiger partial charge on any atom is -0.383 e. The van der Waals surface area contributed by atoms with Gasteiger partial charge in [-0.05, 0) is 22.9 Å². The summed E-state index contributed by atoms with van der Waals surface area (Å²) in [6, 6.07) is 13.7. The molecule has 1 amide bonds. The molecule has 0 aliphatic carbocycles. The summed E-state index contributed by atoms with van der Waals surface area (Å²) in [5, 5.41) is 11.3. The zero-order chi connectivity index (χ0) is 13.2. The number of amides is 1. The first-order valence-electron chi connectivity index (χ1n) is 5.83. The van der Waals surface area contributed by atoms with Crippen LogP contribution in [0.4, 0.5) is 11.5 Å². The average Bonchev–Trinajstić information content (AvgIpc) is 2.85. The van der Waals surface area contributed by atoms with E-state index in [0.29, 0.717) is 5.56 Å². The highest BCUT2D eigenvalue weighted by Gasteiger charge is 2.11. The van der Waals surface area contributed by atoms with Gasteiger partial charge in [0, 0.05) is 5.69 Å². The fourth-order valence-electron chi connectivity index (χ4n) is 1.94. The van der Waals surface area contributed by atoms with Crippen molar-refractivity contribution in [1.29, 1.82) is 0 Å². The number of nitrogen functional groups attached to an aromatic ring is 1. The molecule has 1 aromatic heterocycles. The molecule has 19 heavy (non-hydrogen) atoms. The number of nitrogens with zero attached hydrogens (tertiary/aromatic N) is 1. The molecule has 0 aliphatic rings. The Morgan fingerprint density at radius 1 is 1.16 bits per heavy atom. The zero-order valence-corrected chi connectivity index (χ0v) is 10.1. The summed E-state index contributed by atoms with van der Waals surface area (Å²) in [4.78, 5) is 12.0. The lowest BCUT2D eigenvalue weighted by Crippen LogP contribution is -2.12. The first kappa shape index (κ1) is 11.3. The van der Waals surface area contributed by atoms with Crippen molar-refractivity contribution in [2.45, 2.75) is 0 Å². The van der Waals surface area contributed by atoms with Crippen molar-refractivity contribution >= 4 is 28.2 Å². The SMILES string of the molecule is Nc1[nH]ncc1C(=O)Nc1ccc2ccccc2c1. The third kappa shape index (κ3) is 2.13. The first-order chi connectivity index (χ1) is 9.24. The van der Waals surface area contributed by atoms with Crippen molar-refractivity contribution in [2.75, 3.05) is 11.1 Å². The summed E-state index contributed by atoms with van der Waals surface area (Å²) in [7, 11) is 0. The third-order valence-corrected chi connectivity index (χ3v) is 2.92.